The third-order valence-corrected chi connectivity index (χ3v) is 6.63. The topological polar surface area (TPSA) is 96.0 Å². The Balaban J connectivity index is 2.47. The van der Waals surface area contributed by atoms with E-state index in [-0.39, 0.29) is 28.9 Å². The van der Waals surface area contributed by atoms with Crippen molar-refractivity contribution >= 4 is 50.7 Å². The highest BCUT2D eigenvalue weighted by Gasteiger charge is 2.32. The molecule has 0 saturated carbocycles. The molecule has 1 N–H and O–H groups in total. The molecule has 0 aliphatic carbocycles. The highest BCUT2D eigenvalue weighted by atomic mass is 35.5. The number of methoxy groups -OCH3 is 1. The van der Waals surface area contributed by atoms with Gasteiger partial charge in [-0.2, -0.15) is 0 Å². The van der Waals surface area contributed by atoms with Crippen molar-refractivity contribution in [3.8, 4) is 5.75 Å². The van der Waals surface area contributed by atoms with Crippen molar-refractivity contribution in [3.63, 3.8) is 0 Å². The fourth-order valence-electron chi connectivity index (χ4n) is 3.30. The average Bonchev–Trinajstić information content (AvgIpc) is 2.74. The summed E-state index contributed by atoms with van der Waals surface area (Å²) in [4.78, 5) is 27.9. The third-order valence-electron chi connectivity index (χ3n) is 5.02. The Morgan fingerprint density at radius 2 is 1.63 bits per heavy atom. The van der Waals surface area contributed by atoms with Crippen molar-refractivity contribution in [1.29, 1.82) is 0 Å². The van der Waals surface area contributed by atoms with Gasteiger partial charge in [0.05, 0.1) is 19.1 Å². The van der Waals surface area contributed by atoms with Crippen LogP contribution in [0.15, 0.2) is 42.5 Å². The molecular formula is C24H31Cl2N3O5S. The molecule has 0 heterocycles. The lowest BCUT2D eigenvalue weighted by molar-refractivity contribution is -0.140. The third kappa shape index (κ3) is 8.30. The molecule has 1 atom stereocenters. The van der Waals surface area contributed by atoms with Gasteiger partial charge in [-0.15, -0.1) is 0 Å². The first kappa shape index (κ1) is 28.7. The Bertz CT molecular complexity index is 1160. The maximum atomic E-state index is 13.6. The summed E-state index contributed by atoms with van der Waals surface area (Å²) in [6.45, 7) is 6.61. The smallest absolute Gasteiger partial charge is 0.244 e. The summed E-state index contributed by atoms with van der Waals surface area (Å²) in [5, 5.41) is 3.67. The summed E-state index contributed by atoms with van der Waals surface area (Å²) in [7, 11) is -2.53. The number of ether oxygens (including phenoxy) is 1. The zero-order valence-electron chi connectivity index (χ0n) is 20.6. The van der Waals surface area contributed by atoms with Crippen LogP contribution in [0.4, 0.5) is 5.69 Å². The summed E-state index contributed by atoms with van der Waals surface area (Å²) in [6, 6.07) is 10.4. The number of rotatable bonds is 9. The number of nitrogens with one attached hydrogen (secondary N) is 1. The summed E-state index contributed by atoms with van der Waals surface area (Å²) in [6.07, 6.45) is 0.986. The van der Waals surface area contributed by atoms with Crippen LogP contribution in [0.5, 0.6) is 5.75 Å². The van der Waals surface area contributed by atoms with Crippen molar-refractivity contribution in [2.24, 2.45) is 0 Å². The molecule has 0 aliphatic heterocycles. The SMILES string of the molecule is COc1ccc(Cl)cc1N(CC(=O)N(Cc1ccc(Cl)cc1)C(C)C(=O)NC(C)(C)C)S(C)(=O)=O. The first-order chi connectivity index (χ1) is 16.1. The molecule has 2 aromatic carbocycles. The molecule has 192 valence electrons. The molecule has 8 nitrogen and oxygen atoms in total. The van der Waals surface area contributed by atoms with Crippen LogP contribution in [-0.2, 0) is 26.2 Å². The summed E-state index contributed by atoms with van der Waals surface area (Å²) >= 11 is 12.1. The second-order valence-corrected chi connectivity index (χ2v) is 11.9. The van der Waals surface area contributed by atoms with Crippen molar-refractivity contribution < 1.29 is 22.7 Å². The van der Waals surface area contributed by atoms with Crippen LogP contribution in [-0.4, -0.2) is 56.6 Å². The number of sulfonamides is 1. The molecule has 1 unspecified atom stereocenters. The van der Waals surface area contributed by atoms with Gasteiger partial charge in [-0.25, -0.2) is 8.42 Å². The lowest BCUT2D eigenvalue weighted by atomic mass is 10.1. The zero-order valence-corrected chi connectivity index (χ0v) is 23.0. The molecule has 0 saturated heterocycles. The Morgan fingerprint density at radius 3 is 2.14 bits per heavy atom. The number of carbonyl (C=O) groups excluding carboxylic acids is 2. The maximum absolute atomic E-state index is 13.6. The van der Waals surface area contributed by atoms with Crippen LogP contribution >= 0.6 is 23.2 Å². The van der Waals surface area contributed by atoms with Gasteiger partial charge in [0.1, 0.15) is 18.3 Å². The number of amides is 2. The Labute approximate surface area is 217 Å². The van der Waals surface area contributed by atoms with E-state index in [4.69, 9.17) is 27.9 Å². The summed E-state index contributed by atoms with van der Waals surface area (Å²) in [5.74, 6) is -0.717. The number of benzene rings is 2. The minimum atomic E-state index is -3.92. The fraction of sp³-hybridized carbons (Fsp3) is 0.417. The highest BCUT2D eigenvalue weighted by molar-refractivity contribution is 7.92. The lowest BCUT2D eigenvalue weighted by Gasteiger charge is -2.33. The normalized spacial score (nSPS) is 12.6. The average molecular weight is 545 g/mol. The standard InChI is InChI=1S/C24H31Cl2N3O5S/c1-16(23(31)27-24(2,3)4)28(14-17-7-9-18(25)10-8-17)22(30)15-29(35(6,32)33)20-13-19(26)11-12-21(20)34-5/h7-13,16H,14-15H2,1-6H3,(H,27,31). The molecule has 0 aliphatic rings. The molecule has 0 aromatic heterocycles. The number of carbonyl (C=O) groups is 2. The largest absolute Gasteiger partial charge is 0.495 e. The van der Waals surface area contributed by atoms with Crippen molar-refractivity contribution in [2.75, 3.05) is 24.2 Å². The van der Waals surface area contributed by atoms with Crippen molar-refractivity contribution in [1.82, 2.24) is 10.2 Å². The van der Waals surface area contributed by atoms with Crippen LogP contribution in [0, 0.1) is 0 Å². The summed E-state index contributed by atoms with van der Waals surface area (Å²) in [5.41, 5.74) is 0.325. The van der Waals surface area contributed by atoms with Gasteiger partial charge in [-0.05, 0) is 63.6 Å². The second-order valence-electron chi connectivity index (χ2n) is 9.15. The number of hydrogen-bond donors (Lipinski definition) is 1. The van der Waals surface area contributed by atoms with E-state index >= 15 is 0 Å². The van der Waals surface area contributed by atoms with Gasteiger partial charge >= 0.3 is 0 Å². The van der Waals surface area contributed by atoms with Gasteiger partial charge in [0.15, 0.2) is 0 Å². The van der Waals surface area contributed by atoms with E-state index in [1.54, 1.807) is 37.3 Å². The van der Waals surface area contributed by atoms with Gasteiger partial charge in [0.25, 0.3) is 0 Å². The predicted molar refractivity (Wildman–Crippen MR) is 140 cm³/mol. The van der Waals surface area contributed by atoms with E-state index in [9.17, 15) is 18.0 Å². The molecule has 35 heavy (non-hydrogen) atoms. The van der Waals surface area contributed by atoms with Gasteiger partial charge in [-0.1, -0.05) is 35.3 Å². The minimum absolute atomic E-state index is 0.0685. The Morgan fingerprint density at radius 1 is 1.06 bits per heavy atom. The highest BCUT2D eigenvalue weighted by Crippen LogP contribution is 2.33. The van der Waals surface area contributed by atoms with Gasteiger partial charge in [0, 0.05) is 22.1 Å². The monoisotopic (exact) mass is 543 g/mol. The van der Waals surface area contributed by atoms with Crippen LogP contribution < -0.4 is 14.4 Å². The molecule has 0 bridgehead atoms. The quantitative estimate of drug-likeness (QED) is 0.513. The van der Waals surface area contributed by atoms with E-state index in [0.29, 0.717) is 5.02 Å². The van der Waals surface area contributed by atoms with E-state index in [1.807, 2.05) is 20.8 Å². The molecular weight excluding hydrogens is 513 g/mol. The van der Waals surface area contributed by atoms with E-state index in [1.165, 1.54) is 24.1 Å². The summed E-state index contributed by atoms with van der Waals surface area (Å²) < 4.78 is 31.7. The first-order valence-electron chi connectivity index (χ1n) is 10.8. The van der Waals surface area contributed by atoms with Crippen molar-refractivity contribution in [2.45, 2.75) is 45.8 Å². The van der Waals surface area contributed by atoms with E-state index in [2.05, 4.69) is 5.32 Å². The van der Waals surface area contributed by atoms with Gasteiger partial charge in [0.2, 0.25) is 21.8 Å². The number of anilines is 1. The molecule has 0 radical (unpaired) electrons. The van der Waals surface area contributed by atoms with E-state index < -0.39 is 34.1 Å². The van der Waals surface area contributed by atoms with Crippen molar-refractivity contribution in [3.05, 3.63) is 58.1 Å². The number of hydrogen-bond acceptors (Lipinski definition) is 5. The van der Waals surface area contributed by atoms with Gasteiger partial charge in [-0.3, -0.25) is 13.9 Å². The van der Waals surface area contributed by atoms with Crippen LogP contribution in [0.1, 0.15) is 33.3 Å². The fourth-order valence-corrected chi connectivity index (χ4v) is 4.43. The van der Waals surface area contributed by atoms with Crippen LogP contribution in [0.25, 0.3) is 0 Å². The Hall–Kier alpha value is -2.49. The predicted octanol–water partition coefficient (Wildman–Crippen LogP) is 4.10. The van der Waals surface area contributed by atoms with Gasteiger partial charge < -0.3 is 15.0 Å². The van der Waals surface area contributed by atoms with E-state index in [0.717, 1.165) is 16.1 Å². The molecule has 2 amide bonds. The second kappa shape index (κ2) is 11.5. The van der Waals surface area contributed by atoms with Crippen LogP contribution in [0.3, 0.4) is 0 Å². The Kier molecular flexibility index (Phi) is 9.44. The number of nitrogens with zero attached hydrogens (tertiary/aromatic N) is 2. The minimum Gasteiger partial charge on any atom is -0.495 e. The molecule has 2 aromatic rings. The lowest BCUT2D eigenvalue weighted by Crippen LogP contribution is -2.54. The molecule has 0 spiro atoms. The van der Waals surface area contributed by atoms with Crippen LogP contribution in [0.2, 0.25) is 10.0 Å². The zero-order chi connectivity index (χ0) is 26.6. The molecule has 2 rings (SSSR count). The number of halogens is 2. The molecule has 11 heteroatoms. The first-order valence-corrected chi connectivity index (χ1v) is 13.4. The molecule has 0 fully saturated rings. The maximum Gasteiger partial charge on any atom is 0.244 e.